The van der Waals surface area contributed by atoms with Crippen LogP contribution >= 0.6 is 27.5 Å². The molecule has 4 nitrogen and oxygen atoms in total. The van der Waals surface area contributed by atoms with Crippen LogP contribution in [-0.4, -0.2) is 16.0 Å². The van der Waals surface area contributed by atoms with Crippen LogP contribution in [0, 0.1) is 10.1 Å². The van der Waals surface area contributed by atoms with E-state index in [4.69, 9.17) is 11.6 Å². The first-order valence-electron chi connectivity index (χ1n) is 4.52. The highest BCUT2D eigenvalue weighted by Crippen LogP contribution is 2.22. The van der Waals surface area contributed by atoms with Gasteiger partial charge in [0.25, 0.3) is 5.69 Å². The van der Waals surface area contributed by atoms with Crippen molar-refractivity contribution in [2.75, 3.05) is 5.33 Å². The van der Waals surface area contributed by atoms with Gasteiger partial charge in [-0.05, 0) is 11.6 Å². The highest BCUT2D eigenvalue weighted by Gasteiger charge is 2.19. The summed E-state index contributed by atoms with van der Waals surface area (Å²) in [7, 11) is 0. The number of hydrogen-bond donors (Lipinski definition) is 0. The zero-order valence-electron chi connectivity index (χ0n) is 8.28. The molecule has 0 aliphatic heterocycles. The van der Waals surface area contributed by atoms with Gasteiger partial charge in [-0.25, -0.2) is 0 Å². The normalized spacial score (nSPS) is 10.1. The first-order valence-corrected chi connectivity index (χ1v) is 6.18. The van der Waals surface area contributed by atoms with E-state index in [2.05, 4.69) is 15.9 Å². The number of carbonyl (C=O) groups is 1. The summed E-state index contributed by atoms with van der Waals surface area (Å²) in [5, 5.41) is 11.2. The predicted octanol–water partition coefficient (Wildman–Crippen LogP) is 3.30. The van der Waals surface area contributed by atoms with E-state index < -0.39 is 4.92 Å². The summed E-state index contributed by atoms with van der Waals surface area (Å²) in [6.45, 7) is 0. The van der Waals surface area contributed by atoms with Gasteiger partial charge in [0.1, 0.15) is 0 Å². The number of nitrogens with zero attached hydrogens (tertiary/aromatic N) is 1. The van der Waals surface area contributed by atoms with E-state index in [-0.39, 0.29) is 29.3 Å². The molecule has 0 amide bonds. The van der Waals surface area contributed by atoms with Crippen molar-refractivity contribution >= 4 is 39.0 Å². The topological polar surface area (TPSA) is 60.2 Å². The summed E-state index contributed by atoms with van der Waals surface area (Å²) in [5.41, 5.74) is 0.660. The molecule has 0 bridgehead atoms. The van der Waals surface area contributed by atoms with Crippen LogP contribution in [0.4, 0.5) is 5.69 Å². The number of rotatable bonds is 5. The standard InChI is InChI=1S/C10H9BrClNO3/c11-4-3-10(14)8-5-7(6-12)1-2-9(8)13(15)16/h1-2,5H,3-4,6H2. The molecule has 0 spiro atoms. The third-order valence-electron chi connectivity index (χ3n) is 2.03. The van der Waals surface area contributed by atoms with Crippen molar-refractivity contribution in [2.45, 2.75) is 12.3 Å². The van der Waals surface area contributed by atoms with Crippen LogP contribution in [0.15, 0.2) is 18.2 Å². The molecular formula is C10H9BrClNO3. The van der Waals surface area contributed by atoms with E-state index in [0.717, 1.165) is 0 Å². The summed E-state index contributed by atoms with van der Waals surface area (Å²) < 4.78 is 0. The minimum Gasteiger partial charge on any atom is -0.294 e. The second-order valence-electron chi connectivity index (χ2n) is 3.10. The Bertz CT molecular complexity index is 423. The third kappa shape index (κ3) is 3.02. The number of hydrogen-bond acceptors (Lipinski definition) is 3. The number of nitro groups is 1. The molecule has 0 aromatic heterocycles. The summed E-state index contributed by atoms with van der Waals surface area (Å²) in [6.07, 6.45) is 0.229. The van der Waals surface area contributed by atoms with Crippen molar-refractivity contribution in [2.24, 2.45) is 0 Å². The Kier molecular flexibility index (Phi) is 4.89. The molecule has 1 aromatic carbocycles. The minimum absolute atomic E-state index is 0.127. The van der Waals surface area contributed by atoms with Gasteiger partial charge in [-0.3, -0.25) is 14.9 Å². The van der Waals surface area contributed by atoms with Crippen LogP contribution in [0.3, 0.4) is 0 Å². The Morgan fingerprint density at radius 1 is 1.50 bits per heavy atom. The van der Waals surface area contributed by atoms with Gasteiger partial charge in [-0.2, -0.15) is 0 Å². The van der Waals surface area contributed by atoms with Gasteiger partial charge >= 0.3 is 0 Å². The lowest BCUT2D eigenvalue weighted by Crippen LogP contribution is -2.05. The SMILES string of the molecule is O=C(CCBr)c1cc(CCl)ccc1[N+](=O)[O-]. The maximum absolute atomic E-state index is 11.7. The molecule has 86 valence electrons. The van der Waals surface area contributed by atoms with E-state index in [9.17, 15) is 14.9 Å². The van der Waals surface area contributed by atoms with Gasteiger partial charge in [0.15, 0.2) is 5.78 Å². The summed E-state index contributed by atoms with van der Waals surface area (Å²) in [4.78, 5) is 21.8. The van der Waals surface area contributed by atoms with Crippen molar-refractivity contribution in [3.63, 3.8) is 0 Å². The van der Waals surface area contributed by atoms with Crippen molar-refractivity contribution in [3.05, 3.63) is 39.4 Å². The molecule has 0 atom stereocenters. The number of alkyl halides is 2. The van der Waals surface area contributed by atoms with Gasteiger partial charge < -0.3 is 0 Å². The van der Waals surface area contributed by atoms with Crippen LogP contribution in [0.1, 0.15) is 22.3 Å². The highest BCUT2D eigenvalue weighted by molar-refractivity contribution is 9.09. The molecule has 1 rings (SSSR count). The molecule has 1 aromatic rings. The molecule has 0 fully saturated rings. The Balaban J connectivity index is 3.20. The van der Waals surface area contributed by atoms with Crippen LogP contribution in [0.25, 0.3) is 0 Å². The second kappa shape index (κ2) is 5.96. The molecule has 0 aliphatic carbocycles. The fourth-order valence-electron chi connectivity index (χ4n) is 1.27. The van der Waals surface area contributed by atoms with Crippen LogP contribution in [-0.2, 0) is 5.88 Å². The lowest BCUT2D eigenvalue weighted by atomic mass is 10.0. The molecule has 0 N–H and O–H groups in total. The maximum atomic E-state index is 11.7. The van der Waals surface area contributed by atoms with Crippen molar-refractivity contribution < 1.29 is 9.72 Å². The average Bonchev–Trinajstić information content (AvgIpc) is 2.28. The van der Waals surface area contributed by atoms with Crippen molar-refractivity contribution in [3.8, 4) is 0 Å². The average molecular weight is 307 g/mol. The largest absolute Gasteiger partial charge is 0.294 e. The number of ketones is 1. The maximum Gasteiger partial charge on any atom is 0.280 e. The van der Waals surface area contributed by atoms with E-state index in [1.54, 1.807) is 6.07 Å². The third-order valence-corrected chi connectivity index (χ3v) is 2.74. The molecule has 0 radical (unpaired) electrons. The molecular weight excluding hydrogens is 297 g/mol. The molecule has 0 unspecified atom stereocenters. The quantitative estimate of drug-likeness (QED) is 0.363. The Morgan fingerprint density at radius 2 is 2.19 bits per heavy atom. The first-order chi connectivity index (χ1) is 7.60. The summed E-state index contributed by atoms with van der Waals surface area (Å²) in [6, 6.07) is 4.35. The zero-order chi connectivity index (χ0) is 12.1. The number of halogens is 2. The zero-order valence-corrected chi connectivity index (χ0v) is 10.6. The Morgan fingerprint density at radius 3 is 2.69 bits per heavy atom. The lowest BCUT2D eigenvalue weighted by molar-refractivity contribution is -0.385. The number of Topliss-reactive ketones (excluding diaryl/α,β-unsaturated/α-hetero) is 1. The number of nitro benzene ring substituents is 1. The minimum atomic E-state index is -0.556. The van der Waals surface area contributed by atoms with E-state index >= 15 is 0 Å². The van der Waals surface area contributed by atoms with Gasteiger partial charge in [-0.15, -0.1) is 11.6 Å². The fourth-order valence-corrected chi connectivity index (χ4v) is 1.80. The molecule has 0 saturated heterocycles. The number of benzene rings is 1. The number of carbonyl (C=O) groups excluding carboxylic acids is 1. The Labute approximate surface area is 106 Å². The second-order valence-corrected chi connectivity index (χ2v) is 4.16. The van der Waals surface area contributed by atoms with E-state index in [1.165, 1.54) is 12.1 Å². The summed E-state index contributed by atoms with van der Waals surface area (Å²) in [5.74, 6) is -0.0254. The van der Waals surface area contributed by atoms with Gasteiger partial charge in [0.05, 0.1) is 10.5 Å². The Hall–Kier alpha value is -0.940. The fraction of sp³-hybridized carbons (Fsp3) is 0.300. The summed E-state index contributed by atoms with van der Waals surface area (Å²) >= 11 is 8.75. The van der Waals surface area contributed by atoms with E-state index in [0.29, 0.717) is 10.9 Å². The highest BCUT2D eigenvalue weighted by atomic mass is 79.9. The first kappa shape index (κ1) is 13.1. The monoisotopic (exact) mass is 305 g/mol. The van der Waals surface area contributed by atoms with Crippen molar-refractivity contribution in [1.82, 2.24) is 0 Å². The van der Waals surface area contributed by atoms with Crippen molar-refractivity contribution in [1.29, 1.82) is 0 Å². The molecule has 6 heteroatoms. The van der Waals surface area contributed by atoms with Gasteiger partial charge in [0.2, 0.25) is 0 Å². The molecule has 0 saturated carbocycles. The van der Waals surface area contributed by atoms with Gasteiger partial charge in [-0.1, -0.05) is 22.0 Å². The van der Waals surface area contributed by atoms with Crippen LogP contribution in [0.5, 0.6) is 0 Å². The van der Waals surface area contributed by atoms with Gasteiger partial charge in [0, 0.05) is 23.7 Å². The van der Waals surface area contributed by atoms with Crippen LogP contribution < -0.4 is 0 Å². The molecule has 0 aliphatic rings. The smallest absolute Gasteiger partial charge is 0.280 e. The molecule has 0 heterocycles. The van der Waals surface area contributed by atoms with Crippen LogP contribution in [0.2, 0.25) is 0 Å². The molecule has 16 heavy (non-hydrogen) atoms. The lowest BCUT2D eigenvalue weighted by Gasteiger charge is -2.03. The van der Waals surface area contributed by atoms with E-state index in [1.807, 2.05) is 0 Å². The predicted molar refractivity (Wildman–Crippen MR) is 65.4 cm³/mol.